The van der Waals surface area contributed by atoms with Gasteiger partial charge in [-0.05, 0) is 46.4 Å². The standard InChI is InChI=1S/C25H40O2Si2/c1-20(2)28(21(3)4,26-24-15-11-9-12-16-24)19-29(22(5)6,23(7)8)27-25-17-13-10-14-18-25/h9-18,20-23H,19H2,1-8H3. The highest BCUT2D eigenvalue weighted by Gasteiger charge is 2.56. The van der Waals surface area contributed by atoms with Crippen molar-refractivity contribution in [2.75, 3.05) is 0 Å². The number of benzene rings is 2. The van der Waals surface area contributed by atoms with Gasteiger partial charge in [0.1, 0.15) is 11.5 Å². The summed E-state index contributed by atoms with van der Waals surface area (Å²) in [7, 11) is -4.34. The third kappa shape index (κ3) is 5.34. The molecule has 2 aromatic rings. The fourth-order valence-corrected chi connectivity index (χ4v) is 19.9. The summed E-state index contributed by atoms with van der Waals surface area (Å²) in [6.07, 6.45) is 0. The molecule has 0 N–H and O–H groups in total. The van der Waals surface area contributed by atoms with Gasteiger partial charge in [-0.1, -0.05) is 91.8 Å². The Bertz CT molecular complexity index is 648. The first-order valence-electron chi connectivity index (χ1n) is 11.1. The van der Waals surface area contributed by atoms with Crippen LogP contribution in [0.1, 0.15) is 55.4 Å². The Kier molecular flexibility index (Phi) is 8.18. The van der Waals surface area contributed by atoms with Crippen molar-refractivity contribution in [2.45, 2.75) is 83.2 Å². The lowest BCUT2D eigenvalue weighted by molar-refractivity contribution is 0.473. The Morgan fingerprint density at radius 3 is 1.03 bits per heavy atom. The highest BCUT2D eigenvalue weighted by molar-refractivity contribution is 6.94. The maximum atomic E-state index is 7.01. The average molecular weight is 429 g/mol. The van der Waals surface area contributed by atoms with Crippen LogP contribution in [0.4, 0.5) is 0 Å². The van der Waals surface area contributed by atoms with Gasteiger partial charge in [-0.2, -0.15) is 0 Å². The van der Waals surface area contributed by atoms with Crippen LogP contribution in [0.3, 0.4) is 0 Å². The zero-order valence-electron chi connectivity index (χ0n) is 19.6. The van der Waals surface area contributed by atoms with Gasteiger partial charge in [-0.25, -0.2) is 0 Å². The molecule has 0 heterocycles. The van der Waals surface area contributed by atoms with Gasteiger partial charge in [-0.15, -0.1) is 0 Å². The third-order valence-electron chi connectivity index (χ3n) is 6.56. The van der Waals surface area contributed by atoms with Crippen molar-refractivity contribution in [3.05, 3.63) is 60.7 Å². The molecule has 0 atom stereocenters. The highest BCUT2D eigenvalue weighted by Crippen LogP contribution is 2.47. The molecule has 0 aliphatic heterocycles. The van der Waals surface area contributed by atoms with Crippen LogP contribution in [0.5, 0.6) is 11.5 Å². The monoisotopic (exact) mass is 428 g/mol. The van der Waals surface area contributed by atoms with E-state index in [0.717, 1.165) is 17.2 Å². The predicted molar refractivity (Wildman–Crippen MR) is 131 cm³/mol. The lowest BCUT2D eigenvalue weighted by Gasteiger charge is -2.48. The molecule has 0 spiro atoms. The van der Waals surface area contributed by atoms with Gasteiger partial charge in [0.25, 0.3) is 16.6 Å². The summed E-state index contributed by atoms with van der Waals surface area (Å²) in [5.74, 6) is 2.02. The van der Waals surface area contributed by atoms with E-state index in [0.29, 0.717) is 22.2 Å². The lowest BCUT2D eigenvalue weighted by Crippen LogP contribution is -2.60. The molecule has 4 heteroatoms. The summed E-state index contributed by atoms with van der Waals surface area (Å²) in [5.41, 5.74) is 3.13. The van der Waals surface area contributed by atoms with Crippen molar-refractivity contribution < 1.29 is 8.85 Å². The number of rotatable bonds is 10. The minimum absolute atomic E-state index is 0.506. The van der Waals surface area contributed by atoms with Crippen LogP contribution in [0.25, 0.3) is 0 Å². The van der Waals surface area contributed by atoms with E-state index < -0.39 is 16.6 Å². The number of hydrogen-bond acceptors (Lipinski definition) is 2. The van der Waals surface area contributed by atoms with Gasteiger partial charge >= 0.3 is 0 Å². The van der Waals surface area contributed by atoms with E-state index in [1.54, 1.807) is 0 Å². The van der Waals surface area contributed by atoms with Gasteiger partial charge in [0.15, 0.2) is 0 Å². The second-order valence-electron chi connectivity index (χ2n) is 9.54. The van der Waals surface area contributed by atoms with Crippen LogP contribution in [0.15, 0.2) is 60.7 Å². The van der Waals surface area contributed by atoms with Crippen molar-refractivity contribution in [2.24, 2.45) is 0 Å². The van der Waals surface area contributed by atoms with Crippen LogP contribution < -0.4 is 8.85 Å². The van der Waals surface area contributed by atoms with E-state index >= 15 is 0 Å². The Morgan fingerprint density at radius 2 is 0.793 bits per heavy atom. The highest BCUT2D eigenvalue weighted by atomic mass is 28.4. The SMILES string of the molecule is CC(C)[Si](C[Si](Oc1ccccc1)(C(C)C)C(C)C)(Oc1ccccc1)C(C)C. The Balaban J connectivity index is 2.54. The first-order chi connectivity index (χ1) is 13.6. The maximum Gasteiger partial charge on any atom is 0.256 e. The molecular formula is C25H40O2Si2. The molecule has 0 saturated carbocycles. The molecule has 29 heavy (non-hydrogen) atoms. The van der Waals surface area contributed by atoms with E-state index in [2.05, 4.69) is 116 Å². The molecule has 2 nitrogen and oxygen atoms in total. The molecule has 0 aliphatic rings. The van der Waals surface area contributed by atoms with Gasteiger partial charge < -0.3 is 8.85 Å². The molecule has 0 radical (unpaired) electrons. The first-order valence-corrected chi connectivity index (χ1v) is 15.7. The molecule has 0 fully saturated rings. The van der Waals surface area contributed by atoms with Crippen molar-refractivity contribution >= 4 is 16.6 Å². The van der Waals surface area contributed by atoms with E-state index in [4.69, 9.17) is 8.85 Å². The molecule has 160 valence electrons. The van der Waals surface area contributed by atoms with E-state index in [9.17, 15) is 0 Å². The second kappa shape index (κ2) is 9.99. The summed E-state index contributed by atoms with van der Waals surface area (Å²) in [6, 6.07) is 20.8. The summed E-state index contributed by atoms with van der Waals surface area (Å²) in [4.78, 5) is 0. The minimum Gasteiger partial charge on any atom is -0.543 e. The Morgan fingerprint density at radius 1 is 0.517 bits per heavy atom. The predicted octanol–water partition coefficient (Wildman–Crippen LogP) is 8.21. The van der Waals surface area contributed by atoms with Gasteiger partial charge in [-0.3, -0.25) is 0 Å². The normalized spacial score (nSPS) is 12.8. The Labute approximate surface area is 180 Å². The third-order valence-corrected chi connectivity index (χ3v) is 20.0. The van der Waals surface area contributed by atoms with Crippen LogP contribution in [0, 0.1) is 0 Å². The minimum atomic E-state index is -2.17. The zero-order valence-corrected chi connectivity index (χ0v) is 21.6. The summed E-state index contributed by atoms with van der Waals surface area (Å²) in [5, 5.41) is 0. The molecule has 0 unspecified atom stereocenters. The molecule has 0 saturated heterocycles. The van der Waals surface area contributed by atoms with Crippen LogP contribution in [-0.4, -0.2) is 16.6 Å². The quantitative estimate of drug-likeness (QED) is 0.355. The molecule has 2 rings (SSSR count). The maximum absolute atomic E-state index is 7.01. The first kappa shape index (κ1) is 23.7. The van der Waals surface area contributed by atoms with Gasteiger partial charge in [0.2, 0.25) is 0 Å². The fraction of sp³-hybridized carbons (Fsp3) is 0.520. The largest absolute Gasteiger partial charge is 0.543 e. The number of para-hydroxylation sites is 2. The summed E-state index contributed by atoms with van der Waals surface area (Å²) >= 11 is 0. The van der Waals surface area contributed by atoms with Crippen LogP contribution >= 0.6 is 0 Å². The van der Waals surface area contributed by atoms with E-state index in [1.165, 1.54) is 0 Å². The molecule has 0 aromatic heterocycles. The fourth-order valence-electron chi connectivity index (χ4n) is 4.54. The smallest absolute Gasteiger partial charge is 0.256 e. The number of hydrogen-bond donors (Lipinski definition) is 0. The molecule has 0 aliphatic carbocycles. The van der Waals surface area contributed by atoms with Crippen molar-refractivity contribution in [3.63, 3.8) is 0 Å². The molecule has 2 aromatic carbocycles. The molecule has 0 amide bonds. The lowest BCUT2D eigenvalue weighted by atomic mass is 10.3. The average Bonchev–Trinajstić information content (AvgIpc) is 2.67. The second-order valence-corrected chi connectivity index (χ2v) is 19.8. The van der Waals surface area contributed by atoms with Crippen LogP contribution in [-0.2, 0) is 0 Å². The van der Waals surface area contributed by atoms with Gasteiger partial charge in [0.05, 0.1) is 0 Å². The van der Waals surface area contributed by atoms with Gasteiger partial charge in [0, 0.05) is 5.67 Å². The molecule has 0 bridgehead atoms. The van der Waals surface area contributed by atoms with Crippen molar-refractivity contribution in [1.29, 1.82) is 0 Å². The molecular weight excluding hydrogens is 388 g/mol. The zero-order chi connectivity index (χ0) is 21.7. The van der Waals surface area contributed by atoms with E-state index in [-0.39, 0.29) is 0 Å². The van der Waals surface area contributed by atoms with Crippen LogP contribution in [0.2, 0.25) is 27.8 Å². The Hall–Kier alpha value is -1.53. The van der Waals surface area contributed by atoms with E-state index in [1.807, 2.05) is 0 Å². The summed E-state index contributed by atoms with van der Waals surface area (Å²) in [6.45, 7) is 18.9. The van der Waals surface area contributed by atoms with Crippen molar-refractivity contribution in [1.82, 2.24) is 0 Å². The van der Waals surface area contributed by atoms with Crippen molar-refractivity contribution in [3.8, 4) is 11.5 Å². The summed E-state index contributed by atoms with van der Waals surface area (Å²) < 4.78 is 14.0. The topological polar surface area (TPSA) is 18.5 Å².